The highest BCUT2D eigenvalue weighted by molar-refractivity contribution is 6.12. The lowest BCUT2D eigenvalue weighted by atomic mass is 9.74. The number of imidazole rings is 1. The Morgan fingerprint density at radius 1 is 1.07 bits per heavy atom. The number of benzene rings is 2. The van der Waals surface area contributed by atoms with E-state index in [1.807, 2.05) is 41.8 Å². The molecule has 0 saturated carbocycles. The summed E-state index contributed by atoms with van der Waals surface area (Å²) >= 11 is 0. The van der Waals surface area contributed by atoms with Crippen LogP contribution in [0.4, 0.5) is 22.8 Å². The van der Waals surface area contributed by atoms with E-state index in [4.69, 9.17) is 19.2 Å². The van der Waals surface area contributed by atoms with Gasteiger partial charge in [0.05, 0.1) is 37.5 Å². The molecule has 3 aliphatic heterocycles. The number of imide groups is 1. The molecule has 0 bridgehead atoms. The molecule has 0 spiro atoms. The van der Waals surface area contributed by atoms with Crippen molar-refractivity contribution in [3.63, 3.8) is 0 Å². The molecule has 312 valence electrons. The van der Waals surface area contributed by atoms with Crippen LogP contribution in [0.1, 0.15) is 44.1 Å². The Balaban J connectivity index is 1.21. The number of halogens is 3. The number of carbonyl (C=O) groups excluding carboxylic acids is 4. The number of hydrogen-bond donors (Lipinski definition) is 3. The summed E-state index contributed by atoms with van der Waals surface area (Å²) in [4.78, 5) is 58.1. The summed E-state index contributed by atoms with van der Waals surface area (Å²) in [6, 6.07) is 10.7. The first-order chi connectivity index (χ1) is 27.9. The summed E-state index contributed by atoms with van der Waals surface area (Å²) in [5.41, 5.74) is 0.406. The van der Waals surface area contributed by atoms with E-state index >= 15 is 8.78 Å². The van der Waals surface area contributed by atoms with Gasteiger partial charge in [-0.2, -0.15) is 0 Å². The normalized spacial score (nSPS) is 19.9. The summed E-state index contributed by atoms with van der Waals surface area (Å²) in [5, 5.41) is 8.58. The first-order valence-electron chi connectivity index (χ1n) is 19.5. The minimum absolute atomic E-state index is 0.00757. The summed E-state index contributed by atoms with van der Waals surface area (Å²) in [6.45, 7) is 5.48. The molecule has 3 aliphatic rings. The lowest BCUT2D eigenvalue weighted by Gasteiger charge is -2.46. The van der Waals surface area contributed by atoms with E-state index in [1.165, 1.54) is 12.2 Å². The van der Waals surface area contributed by atoms with Crippen molar-refractivity contribution >= 4 is 23.9 Å². The van der Waals surface area contributed by atoms with Gasteiger partial charge in [-0.25, -0.2) is 27.7 Å². The molecule has 3 N–H and O–H groups in total. The number of urea groups is 1. The molecule has 2 fully saturated rings. The van der Waals surface area contributed by atoms with Crippen LogP contribution >= 0.6 is 0 Å². The first-order valence-corrected chi connectivity index (χ1v) is 19.5. The number of ether oxygens (including phenoxy) is 3. The van der Waals surface area contributed by atoms with Gasteiger partial charge in [0.2, 0.25) is 0 Å². The maximum Gasteiger partial charge on any atom is 0.407 e. The van der Waals surface area contributed by atoms with Crippen molar-refractivity contribution in [2.24, 2.45) is 11.3 Å². The van der Waals surface area contributed by atoms with Gasteiger partial charge in [-0.3, -0.25) is 14.5 Å². The highest BCUT2D eigenvalue weighted by Gasteiger charge is 2.46. The van der Waals surface area contributed by atoms with Crippen molar-refractivity contribution in [3.05, 3.63) is 89.9 Å². The highest BCUT2D eigenvalue weighted by Crippen LogP contribution is 2.47. The average Bonchev–Trinajstić information content (AvgIpc) is 3.90. The molecule has 1 aromatic heterocycles. The van der Waals surface area contributed by atoms with Crippen LogP contribution in [0.2, 0.25) is 0 Å². The zero-order chi connectivity index (χ0) is 41.2. The first kappa shape index (κ1) is 42.3. The van der Waals surface area contributed by atoms with E-state index in [0.29, 0.717) is 45.0 Å². The standard InChI is InChI=1S/C41H50F3N7O7/c1-27(26-58-40(55)46-14-18-57-19-15-50-35(52)10-11-36(50)53)47-39(54)51(24-29-21-45-22-33(29)44)37(41(2)12-16-56-17-13-41)38-48-34(31-20-30(42)8-9-32(31)43)25-49(38)23-28-6-4-3-5-7-28/h3-11,20,25,27,29,33,37,45H,12-19,21-24,26H2,1-2H3,(H,46,55)(H,47,54)/t27-,29-,33-,37-/m0/s1. The fourth-order valence-electron chi connectivity index (χ4n) is 7.48. The fraction of sp³-hybridized carbons (Fsp3) is 0.488. The lowest BCUT2D eigenvalue weighted by molar-refractivity contribution is -0.137. The van der Waals surface area contributed by atoms with Crippen molar-refractivity contribution in [2.75, 3.05) is 65.8 Å². The SMILES string of the molecule is C[C@@H](COC(=O)NCCOCCN1C(=O)C=CC1=O)NC(=O)N(C[C@@H]1CNC[C@@H]1F)[C@@H](c1nc(-c2cc(F)ccc2F)cn1Cc1ccccc1)C1(C)CCOCC1. The summed E-state index contributed by atoms with van der Waals surface area (Å²) in [6.07, 6.45) is 3.12. The number of amides is 5. The molecule has 58 heavy (non-hydrogen) atoms. The van der Waals surface area contributed by atoms with Crippen LogP contribution in [0.25, 0.3) is 11.3 Å². The smallest absolute Gasteiger partial charge is 0.407 e. The maximum atomic E-state index is 15.4. The second-order valence-electron chi connectivity index (χ2n) is 15.1. The third-order valence-electron chi connectivity index (χ3n) is 10.7. The molecule has 0 radical (unpaired) electrons. The molecule has 2 aromatic carbocycles. The molecule has 4 heterocycles. The van der Waals surface area contributed by atoms with Gasteiger partial charge in [0.25, 0.3) is 11.8 Å². The number of carbonyl (C=O) groups is 4. The van der Waals surface area contributed by atoms with Crippen LogP contribution in [-0.4, -0.2) is 121 Å². The molecule has 5 amide bonds. The van der Waals surface area contributed by atoms with E-state index in [9.17, 15) is 23.6 Å². The van der Waals surface area contributed by atoms with Crippen molar-refractivity contribution in [3.8, 4) is 11.3 Å². The molecule has 17 heteroatoms. The van der Waals surface area contributed by atoms with Gasteiger partial charge in [-0.15, -0.1) is 0 Å². The van der Waals surface area contributed by atoms with Crippen LogP contribution in [0, 0.1) is 23.0 Å². The van der Waals surface area contributed by atoms with Gasteiger partial charge in [-0.1, -0.05) is 37.3 Å². The molecule has 3 aromatic rings. The van der Waals surface area contributed by atoms with Gasteiger partial charge in [0, 0.05) is 75.8 Å². The Labute approximate surface area is 335 Å². The van der Waals surface area contributed by atoms with Gasteiger partial charge in [0.15, 0.2) is 0 Å². The zero-order valence-electron chi connectivity index (χ0n) is 32.6. The van der Waals surface area contributed by atoms with Gasteiger partial charge in [-0.05, 0) is 48.9 Å². The minimum atomic E-state index is -1.23. The summed E-state index contributed by atoms with van der Waals surface area (Å²) in [7, 11) is 0. The summed E-state index contributed by atoms with van der Waals surface area (Å²) < 4.78 is 63.6. The van der Waals surface area contributed by atoms with Gasteiger partial charge in [0.1, 0.15) is 30.2 Å². The highest BCUT2D eigenvalue weighted by atomic mass is 19.1. The van der Waals surface area contributed by atoms with E-state index in [-0.39, 0.29) is 57.3 Å². The Morgan fingerprint density at radius 2 is 1.81 bits per heavy atom. The Morgan fingerprint density at radius 3 is 2.52 bits per heavy atom. The van der Waals surface area contributed by atoms with Crippen LogP contribution < -0.4 is 16.0 Å². The molecule has 0 unspecified atom stereocenters. The number of rotatable bonds is 17. The molecule has 2 saturated heterocycles. The molecule has 0 aliphatic carbocycles. The molecule has 6 rings (SSSR count). The number of hydrogen-bond acceptors (Lipinski definition) is 9. The van der Waals surface area contributed by atoms with Crippen LogP contribution in [0.3, 0.4) is 0 Å². The number of alkyl carbamates (subject to hydrolysis) is 1. The van der Waals surface area contributed by atoms with Crippen LogP contribution in [-0.2, 0) is 30.3 Å². The largest absolute Gasteiger partial charge is 0.447 e. The molecule has 14 nitrogen and oxygen atoms in total. The number of nitrogens with zero attached hydrogens (tertiary/aromatic N) is 4. The zero-order valence-corrected chi connectivity index (χ0v) is 32.6. The second-order valence-corrected chi connectivity index (χ2v) is 15.1. The summed E-state index contributed by atoms with van der Waals surface area (Å²) in [5.74, 6) is -2.23. The number of nitrogens with one attached hydrogen (secondary N) is 3. The van der Waals surface area contributed by atoms with E-state index in [2.05, 4.69) is 16.0 Å². The predicted molar refractivity (Wildman–Crippen MR) is 206 cm³/mol. The monoisotopic (exact) mass is 809 g/mol. The number of aromatic nitrogens is 2. The van der Waals surface area contributed by atoms with E-state index in [1.54, 1.807) is 18.0 Å². The third-order valence-corrected chi connectivity index (χ3v) is 10.7. The van der Waals surface area contributed by atoms with E-state index in [0.717, 1.165) is 28.7 Å². The predicted octanol–water partition coefficient (Wildman–Crippen LogP) is 4.36. The van der Waals surface area contributed by atoms with Crippen LogP contribution in [0.5, 0.6) is 0 Å². The molecular formula is C41H50F3N7O7. The van der Waals surface area contributed by atoms with Crippen molar-refractivity contribution in [1.82, 2.24) is 35.3 Å². The van der Waals surface area contributed by atoms with Crippen molar-refractivity contribution < 1.29 is 46.6 Å². The second kappa shape index (κ2) is 19.5. The fourth-order valence-corrected chi connectivity index (χ4v) is 7.48. The van der Waals surface area contributed by atoms with Crippen LogP contribution in [0.15, 0.2) is 66.9 Å². The third kappa shape index (κ3) is 10.6. The van der Waals surface area contributed by atoms with Gasteiger partial charge >= 0.3 is 12.1 Å². The Hall–Kier alpha value is -5.26. The lowest BCUT2D eigenvalue weighted by Crippen LogP contribution is -2.54. The van der Waals surface area contributed by atoms with E-state index < -0.39 is 65.2 Å². The molecular weight excluding hydrogens is 759 g/mol. The van der Waals surface area contributed by atoms with Crippen molar-refractivity contribution in [2.45, 2.75) is 51.5 Å². The topological polar surface area (TPSA) is 156 Å². The molecule has 4 atom stereocenters. The Bertz CT molecular complexity index is 1920. The average molecular weight is 810 g/mol. The quantitative estimate of drug-likeness (QED) is 0.133. The Kier molecular flexibility index (Phi) is 14.2. The number of alkyl halides is 1. The minimum Gasteiger partial charge on any atom is -0.447 e. The van der Waals surface area contributed by atoms with Gasteiger partial charge < -0.3 is 39.6 Å². The maximum absolute atomic E-state index is 15.4. The van der Waals surface area contributed by atoms with Crippen molar-refractivity contribution in [1.29, 1.82) is 0 Å².